The van der Waals surface area contributed by atoms with Gasteiger partial charge in [0.2, 0.25) is 0 Å². The molecule has 0 aliphatic heterocycles. The van der Waals surface area contributed by atoms with Crippen LogP contribution in [0.5, 0.6) is 0 Å². The van der Waals surface area contributed by atoms with E-state index >= 15 is 0 Å². The molecule has 0 aromatic heterocycles. The highest BCUT2D eigenvalue weighted by atomic mass is 19.4. The lowest BCUT2D eigenvalue weighted by Gasteiger charge is -2.24. The third-order valence-corrected chi connectivity index (χ3v) is 2.93. The monoisotopic (exact) mass is 371 g/mol. The van der Waals surface area contributed by atoms with Crippen LogP contribution in [0.15, 0.2) is 0 Å². The van der Waals surface area contributed by atoms with E-state index < -0.39 is 58.3 Å². The summed E-state index contributed by atoms with van der Waals surface area (Å²) in [6.45, 7) is 0. The highest BCUT2D eigenvalue weighted by molar-refractivity contribution is 5.63. The van der Waals surface area contributed by atoms with Gasteiger partial charge in [-0.05, 0) is 0 Å². The Labute approximate surface area is 133 Å². The first-order chi connectivity index (χ1) is 11.2. The summed E-state index contributed by atoms with van der Waals surface area (Å²) >= 11 is 0. The van der Waals surface area contributed by atoms with E-state index in [0.29, 0.717) is 0 Å². The third-order valence-electron chi connectivity index (χ3n) is 2.93. The zero-order chi connectivity index (χ0) is 19.8. The zero-order valence-corrected chi connectivity index (χ0v) is 11.5. The summed E-state index contributed by atoms with van der Waals surface area (Å²) in [7, 11) is 0. The molecule has 1 rings (SSSR count). The van der Waals surface area contributed by atoms with Crippen LogP contribution in [-0.4, -0.2) is 0 Å². The topological polar surface area (TPSA) is 71.4 Å². The molecule has 25 heavy (non-hydrogen) atoms. The fourth-order valence-corrected chi connectivity index (χ4v) is 2.15. The van der Waals surface area contributed by atoms with Crippen molar-refractivity contribution in [1.82, 2.24) is 0 Å². The molecule has 0 aliphatic rings. The van der Waals surface area contributed by atoms with Crippen molar-refractivity contribution in [1.29, 1.82) is 15.8 Å². The lowest BCUT2D eigenvalue weighted by molar-refractivity contribution is -0.174. The molecule has 0 saturated heterocycles. The van der Waals surface area contributed by atoms with Crippen molar-refractivity contribution >= 4 is 0 Å². The number of rotatable bonds is 1. The second-order valence-electron chi connectivity index (χ2n) is 4.41. The van der Waals surface area contributed by atoms with E-state index in [4.69, 9.17) is 15.8 Å². The maximum atomic E-state index is 13.1. The first kappa shape index (κ1) is 20.1. The Balaban J connectivity index is 4.45. The van der Waals surface area contributed by atoms with E-state index in [2.05, 4.69) is 0 Å². The Morgan fingerprint density at radius 2 is 0.920 bits per heavy atom. The minimum atomic E-state index is -6.17. The normalized spacial score (nSPS) is 12.2. The molecule has 12 heteroatoms. The molecule has 0 amide bonds. The molecule has 0 heterocycles. The third kappa shape index (κ3) is 3.61. The molecule has 0 N–H and O–H groups in total. The molecular formula is C13H2F9N3. The fourth-order valence-electron chi connectivity index (χ4n) is 2.15. The summed E-state index contributed by atoms with van der Waals surface area (Å²) < 4.78 is 118. The van der Waals surface area contributed by atoms with Gasteiger partial charge in [-0.2, -0.15) is 55.3 Å². The SMILES string of the molecule is N#CCc1c(C#N)c(C(F)(F)F)c(C(F)(F)F)c(C(F)(F)F)c1C#N. The first-order valence-electron chi connectivity index (χ1n) is 5.83. The fraction of sp³-hybridized carbons (Fsp3) is 0.308. The van der Waals surface area contributed by atoms with Gasteiger partial charge in [0.1, 0.15) is 12.1 Å². The van der Waals surface area contributed by atoms with Crippen molar-refractivity contribution < 1.29 is 39.5 Å². The van der Waals surface area contributed by atoms with Gasteiger partial charge in [-0.15, -0.1) is 0 Å². The van der Waals surface area contributed by atoms with Crippen LogP contribution in [-0.2, 0) is 24.9 Å². The molecule has 0 aliphatic carbocycles. The maximum Gasteiger partial charge on any atom is 0.418 e. The minimum absolute atomic E-state index is 0.732. The predicted molar refractivity (Wildman–Crippen MR) is 60.2 cm³/mol. The van der Waals surface area contributed by atoms with Crippen molar-refractivity contribution in [2.45, 2.75) is 24.9 Å². The van der Waals surface area contributed by atoms with Gasteiger partial charge in [-0.3, -0.25) is 0 Å². The van der Waals surface area contributed by atoms with Gasteiger partial charge in [0, 0.05) is 5.56 Å². The van der Waals surface area contributed by atoms with E-state index in [0.717, 1.165) is 18.2 Å². The van der Waals surface area contributed by atoms with Crippen LogP contribution in [0.2, 0.25) is 0 Å². The van der Waals surface area contributed by atoms with Crippen LogP contribution in [0, 0.1) is 34.0 Å². The molecule has 0 atom stereocenters. The van der Waals surface area contributed by atoms with Gasteiger partial charge in [-0.1, -0.05) is 0 Å². The smallest absolute Gasteiger partial charge is 0.198 e. The Hall–Kier alpha value is -2.94. The largest absolute Gasteiger partial charge is 0.418 e. The molecule has 0 saturated carbocycles. The quantitative estimate of drug-likeness (QED) is 0.680. The van der Waals surface area contributed by atoms with Crippen LogP contribution < -0.4 is 0 Å². The molecule has 0 radical (unpaired) electrons. The Bertz CT molecular complexity index is 771. The van der Waals surface area contributed by atoms with Crippen LogP contribution in [0.4, 0.5) is 39.5 Å². The second-order valence-corrected chi connectivity index (χ2v) is 4.41. The van der Waals surface area contributed by atoms with Crippen LogP contribution >= 0.6 is 0 Å². The van der Waals surface area contributed by atoms with Crippen molar-refractivity contribution in [3.8, 4) is 18.2 Å². The highest BCUT2D eigenvalue weighted by Gasteiger charge is 2.54. The Morgan fingerprint density at radius 3 is 1.12 bits per heavy atom. The summed E-state index contributed by atoms with van der Waals surface area (Å²) in [4.78, 5) is 0. The second kappa shape index (κ2) is 6.17. The Morgan fingerprint density at radius 1 is 0.600 bits per heavy atom. The Kier molecular flexibility index (Phi) is 4.96. The molecular weight excluding hydrogens is 369 g/mol. The standard InChI is InChI=1S/C13H2F9N3/c14-11(15,16)8-6(3-24)5(1-2-23)7(4-25)9(12(17,18)19)10(8)13(20,21)22/h1H2. The van der Waals surface area contributed by atoms with Gasteiger partial charge < -0.3 is 0 Å². The van der Waals surface area contributed by atoms with Crippen molar-refractivity contribution in [2.24, 2.45) is 0 Å². The molecule has 0 unspecified atom stereocenters. The number of halogens is 9. The van der Waals surface area contributed by atoms with Crippen molar-refractivity contribution in [2.75, 3.05) is 0 Å². The number of benzene rings is 1. The summed E-state index contributed by atoms with van der Waals surface area (Å²) in [5, 5.41) is 26.1. The van der Waals surface area contributed by atoms with Gasteiger partial charge in [0.05, 0.1) is 40.3 Å². The predicted octanol–water partition coefficient (Wildman–Crippen LogP) is 4.55. The van der Waals surface area contributed by atoms with Crippen LogP contribution in [0.3, 0.4) is 0 Å². The molecule has 132 valence electrons. The highest BCUT2D eigenvalue weighted by Crippen LogP contribution is 2.50. The minimum Gasteiger partial charge on any atom is -0.198 e. The first-order valence-corrected chi connectivity index (χ1v) is 5.83. The van der Waals surface area contributed by atoms with Crippen molar-refractivity contribution in [3.05, 3.63) is 33.4 Å². The van der Waals surface area contributed by atoms with E-state index in [-0.39, 0.29) is 0 Å². The average molecular weight is 371 g/mol. The zero-order valence-electron chi connectivity index (χ0n) is 11.5. The molecule has 0 fully saturated rings. The molecule has 1 aromatic rings. The molecule has 3 nitrogen and oxygen atoms in total. The number of hydrogen-bond acceptors (Lipinski definition) is 3. The summed E-state index contributed by atoms with van der Waals surface area (Å²) in [6, 6.07) is 2.59. The molecule has 1 aromatic carbocycles. The number of hydrogen-bond donors (Lipinski definition) is 0. The number of alkyl halides is 9. The van der Waals surface area contributed by atoms with Crippen LogP contribution in [0.1, 0.15) is 33.4 Å². The lowest BCUT2D eigenvalue weighted by atomic mass is 9.85. The summed E-state index contributed by atoms with van der Waals surface area (Å²) in [6.07, 6.45) is -19.4. The lowest BCUT2D eigenvalue weighted by Crippen LogP contribution is -2.27. The van der Waals surface area contributed by atoms with Gasteiger partial charge in [0.15, 0.2) is 0 Å². The van der Waals surface area contributed by atoms with Gasteiger partial charge >= 0.3 is 18.5 Å². The van der Waals surface area contributed by atoms with Crippen LogP contribution in [0.25, 0.3) is 0 Å². The summed E-state index contributed by atoms with van der Waals surface area (Å²) in [5.41, 5.74) is -14.0. The van der Waals surface area contributed by atoms with E-state index in [1.54, 1.807) is 0 Å². The maximum absolute atomic E-state index is 13.1. The van der Waals surface area contributed by atoms with E-state index in [9.17, 15) is 39.5 Å². The van der Waals surface area contributed by atoms with Gasteiger partial charge in [-0.25, -0.2) is 0 Å². The van der Waals surface area contributed by atoms with Crippen molar-refractivity contribution in [3.63, 3.8) is 0 Å². The van der Waals surface area contributed by atoms with E-state index in [1.807, 2.05) is 0 Å². The average Bonchev–Trinajstić information content (AvgIpc) is 2.42. The molecule has 0 bridgehead atoms. The molecule has 0 spiro atoms. The number of nitrogens with zero attached hydrogens (tertiary/aromatic N) is 3. The summed E-state index contributed by atoms with van der Waals surface area (Å²) in [5.74, 6) is 0. The van der Waals surface area contributed by atoms with E-state index in [1.165, 1.54) is 0 Å². The van der Waals surface area contributed by atoms with Gasteiger partial charge in [0.25, 0.3) is 0 Å². The number of nitriles is 3.